The Balaban J connectivity index is 1.86. The molecule has 3 heterocycles. The standard InChI is InChI=1S/C19H18N6O2/c1-3-14-16-15(11-5-7-12(8-6-11)18-23-22-10-26-18)13(9-20)17(21)27-19(16)25(4-2)24-14/h5-8,10,15H,3-4,21H2,1-2H3. The lowest BCUT2D eigenvalue weighted by Crippen LogP contribution is -2.22. The van der Waals surface area contributed by atoms with Gasteiger partial charge in [-0.25, -0.2) is 4.68 Å². The van der Waals surface area contributed by atoms with Crippen LogP contribution in [0.2, 0.25) is 0 Å². The van der Waals surface area contributed by atoms with Crippen molar-refractivity contribution in [3.05, 3.63) is 58.9 Å². The SMILES string of the molecule is CCc1nn(CC)c2c1C(c1ccc(-c3nnco3)cc1)C(C#N)=C(N)O2. The average molecular weight is 362 g/mol. The summed E-state index contributed by atoms with van der Waals surface area (Å²) in [4.78, 5) is 0. The fourth-order valence-corrected chi connectivity index (χ4v) is 3.40. The predicted molar refractivity (Wildman–Crippen MR) is 96.3 cm³/mol. The molecule has 0 spiro atoms. The highest BCUT2D eigenvalue weighted by molar-refractivity contribution is 5.59. The second kappa shape index (κ2) is 6.61. The first kappa shape index (κ1) is 16.8. The van der Waals surface area contributed by atoms with E-state index in [1.54, 1.807) is 4.68 Å². The van der Waals surface area contributed by atoms with Gasteiger partial charge in [0.05, 0.1) is 17.2 Å². The maximum Gasteiger partial charge on any atom is 0.247 e. The van der Waals surface area contributed by atoms with Gasteiger partial charge in [0, 0.05) is 12.1 Å². The van der Waals surface area contributed by atoms with Crippen LogP contribution in [0.5, 0.6) is 5.88 Å². The van der Waals surface area contributed by atoms with E-state index in [0.717, 1.165) is 28.8 Å². The monoisotopic (exact) mass is 362 g/mol. The lowest BCUT2D eigenvalue weighted by molar-refractivity contribution is 0.350. The van der Waals surface area contributed by atoms with E-state index in [-0.39, 0.29) is 11.8 Å². The summed E-state index contributed by atoms with van der Waals surface area (Å²) in [5, 5.41) is 22.0. The molecule has 0 bridgehead atoms. The molecule has 1 unspecified atom stereocenters. The Hall–Kier alpha value is -3.60. The van der Waals surface area contributed by atoms with Crippen molar-refractivity contribution in [2.24, 2.45) is 5.73 Å². The zero-order valence-corrected chi connectivity index (χ0v) is 15.0. The third kappa shape index (κ3) is 2.64. The van der Waals surface area contributed by atoms with Crippen LogP contribution < -0.4 is 10.5 Å². The Morgan fingerprint density at radius 2 is 2.04 bits per heavy atom. The molecule has 0 amide bonds. The van der Waals surface area contributed by atoms with Crippen LogP contribution in [-0.2, 0) is 13.0 Å². The molecule has 0 aliphatic carbocycles. The third-order valence-electron chi connectivity index (χ3n) is 4.67. The van der Waals surface area contributed by atoms with E-state index in [1.165, 1.54) is 6.39 Å². The zero-order chi connectivity index (χ0) is 19.0. The summed E-state index contributed by atoms with van der Waals surface area (Å²) in [7, 11) is 0. The molecule has 1 aliphatic rings. The summed E-state index contributed by atoms with van der Waals surface area (Å²) in [5.74, 6) is 0.841. The average Bonchev–Trinajstić information content (AvgIpc) is 3.35. The van der Waals surface area contributed by atoms with Crippen LogP contribution in [-0.4, -0.2) is 20.0 Å². The maximum absolute atomic E-state index is 9.72. The number of fused-ring (bicyclic) bond motifs is 1. The van der Waals surface area contributed by atoms with Gasteiger partial charge in [-0.2, -0.15) is 10.4 Å². The summed E-state index contributed by atoms with van der Waals surface area (Å²) in [6.07, 6.45) is 2.02. The minimum atomic E-state index is -0.328. The molecule has 8 heteroatoms. The van der Waals surface area contributed by atoms with Gasteiger partial charge in [-0.05, 0) is 31.0 Å². The molecule has 2 N–H and O–H groups in total. The van der Waals surface area contributed by atoms with Crippen LogP contribution in [0.15, 0.2) is 46.5 Å². The van der Waals surface area contributed by atoms with Gasteiger partial charge in [0.25, 0.3) is 0 Å². The number of nitrogens with zero attached hydrogens (tertiary/aromatic N) is 5. The van der Waals surface area contributed by atoms with Gasteiger partial charge in [0.2, 0.25) is 24.0 Å². The topological polar surface area (TPSA) is 116 Å². The molecule has 0 radical (unpaired) electrons. The largest absolute Gasteiger partial charge is 0.423 e. The second-order valence-electron chi connectivity index (χ2n) is 6.13. The molecule has 1 aliphatic heterocycles. The van der Waals surface area contributed by atoms with Crippen molar-refractivity contribution in [2.75, 3.05) is 0 Å². The maximum atomic E-state index is 9.72. The van der Waals surface area contributed by atoms with Gasteiger partial charge in [0.1, 0.15) is 11.6 Å². The van der Waals surface area contributed by atoms with E-state index in [2.05, 4.69) is 21.4 Å². The van der Waals surface area contributed by atoms with Crippen molar-refractivity contribution in [3.8, 4) is 23.4 Å². The highest BCUT2D eigenvalue weighted by Crippen LogP contribution is 2.44. The highest BCUT2D eigenvalue weighted by Gasteiger charge is 2.36. The van der Waals surface area contributed by atoms with Gasteiger partial charge in [-0.15, -0.1) is 10.2 Å². The summed E-state index contributed by atoms with van der Waals surface area (Å²) in [6, 6.07) is 9.87. The van der Waals surface area contributed by atoms with Crippen LogP contribution in [0.1, 0.15) is 36.6 Å². The molecule has 0 saturated heterocycles. The summed E-state index contributed by atoms with van der Waals surface area (Å²) in [5.41, 5.74) is 9.99. The number of nitriles is 1. The lowest BCUT2D eigenvalue weighted by Gasteiger charge is -2.25. The lowest BCUT2D eigenvalue weighted by atomic mass is 9.83. The molecule has 0 saturated carbocycles. The number of ether oxygens (including phenoxy) is 1. The summed E-state index contributed by atoms with van der Waals surface area (Å²) >= 11 is 0. The Morgan fingerprint density at radius 1 is 1.26 bits per heavy atom. The van der Waals surface area contributed by atoms with Gasteiger partial charge >= 0.3 is 0 Å². The minimum Gasteiger partial charge on any atom is -0.423 e. The van der Waals surface area contributed by atoms with Crippen LogP contribution in [0.4, 0.5) is 0 Å². The normalized spacial score (nSPS) is 16.0. The molecule has 2 aromatic heterocycles. The minimum absolute atomic E-state index is 0.119. The first-order valence-electron chi connectivity index (χ1n) is 8.71. The van der Waals surface area contributed by atoms with Crippen molar-refractivity contribution in [1.82, 2.24) is 20.0 Å². The number of aryl methyl sites for hydroxylation is 2. The first-order chi connectivity index (χ1) is 13.2. The number of benzene rings is 1. The molecular weight excluding hydrogens is 344 g/mol. The molecule has 27 heavy (non-hydrogen) atoms. The molecule has 3 aromatic rings. The predicted octanol–water partition coefficient (Wildman–Crippen LogP) is 2.73. The zero-order valence-electron chi connectivity index (χ0n) is 15.0. The van der Waals surface area contributed by atoms with Crippen LogP contribution in [0, 0.1) is 11.3 Å². The molecule has 8 nitrogen and oxygen atoms in total. The fourth-order valence-electron chi connectivity index (χ4n) is 3.40. The van der Waals surface area contributed by atoms with Crippen molar-refractivity contribution in [3.63, 3.8) is 0 Å². The van der Waals surface area contributed by atoms with E-state index in [4.69, 9.17) is 14.9 Å². The van der Waals surface area contributed by atoms with Gasteiger partial charge < -0.3 is 14.9 Å². The number of allylic oxidation sites excluding steroid dienone is 1. The van der Waals surface area contributed by atoms with E-state index < -0.39 is 0 Å². The number of rotatable bonds is 4. The van der Waals surface area contributed by atoms with Crippen molar-refractivity contribution < 1.29 is 9.15 Å². The Kier molecular flexibility index (Phi) is 4.12. The molecule has 4 rings (SSSR count). The molecule has 1 atom stereocenters. The second-order valence-corrected chi connectivity index (χ2v) is 6.13. The Bertz CT molecular complexity index is 1040. The quantitative estimate of drug-likeness (QED) is 0.758. The number of nitrogens with two attached hydrogens (primary N) is 1. The van der Waals surface area contributed by atoms with E-state index in [1.807, 2.05) is 38.1 Å². The van der Waals surface area contributed by atoms with Crippen molar-refractivity contribution in [2.45, 2.75) is 32.7 Å². The Labute approximate surface area is 155 Å². The van der Waals surface area contributed by atoms with Gasteiger partial charge in [0.15, 0.2) is 0 Å². The van der Waals surface area contributed by atoms with Crippen LogP contribution in [0.25, 0.3) is 11.5 Å². The molecule has 1 aromatic carbocycles. The number of hydrogen-bond acceptors (Lipinski definition) is 7. The Morgan fingerprint density at radius 3 is 2.63 bits per heavy atom. The number of hydrogen-bond donors (Lipinski definition) is 1. The van der Waals surface area contributed by atoms with Gasteiger partial charge in [-0.1, -0.05) is 19.1 Å². The highest BCUT2D eigenvalue weighted by atomic mass is 16.5. The van der Waals surface area contributed by atoms with Crippen molar-refractivity contribution >= 4 is 0 Å². The summed E-state index contributed by atoms with van der Waals surface area (Å²) < 4.78 is 12.8. The third-order valence-corrected chi connectivity index (χ3v) is 4.67. The molecular formula is C19H18N6O2. The fraction of sp³-hybridized carbons (Fsp3) is 0.263. The number of aromatic nitrogens is 4. The van der Waals surface area contributed by atoms with E-state index in [9.17, 15) is 5.26 Å². The molecule has 136 valence electrons. The first-order valence-corrected chi connectivity index (χ1v) is 8.71. The van der Waals surface area contributed by atoms with E-state index in [0.29, 0.717) is 23.9 Å². The smallest absolute Gasteiger partial charge is 0.247 e. The summed E-state index contributed by atoms with van der Waals surface area (Å²) in [6.45, 7) is 4.68. The molecule has 0 fully saturated rings. The van der Waals surface area contributed by atoms with Crippen molar-refractivity contribution in [1.29, 1.82) is 5.26 Å². The van der Waals surface area contributed by atoms with E-state index >= 15 is 0 Å². The van der Waals surface area contributed by atoms with Crippen LogP contribution in [0.3, 0.4) is 0 Å². The van der Waals surface area contributed by atoms with Crippen LogP contribution >= 0.6 is 0 Å². The van der Waals surface area contributed by atoms with Gasteiger partial charge in [-0.3, -0.25) is 0 Å².